The quantitative estimate of drug-likeness (QED) is 0.787. The van der Waals surface area contributed by atoms with Gasteiger partial charge in [-0.2, -0.15) is 13.2 Å². The number of nitrogens with one attached hydrogen (secondary N) is 1. The lowest BCUT2D eigenvalue weighted by atomic mass is 10.1. The number of hydrogen-bond donors (Lipinski definition) is 1. The minimum absolute atomic E-state index is 0.137. The fraction of sp³-hybridized carbons (Fsp3) is 0.200. The van der Waals surface area contributed by atoms with Gasteiger partial charge in [0.15, 0.2) is 0 Å². The molecule has 1 nitrogen and oxygen atoms in total. The van der Waals surface area contributed by atoms with E-state index in [0.29, 0.717) is 0 Å². The molecule has 0 atom stereocenters. The molecule has 0 amide bonds. The van der Waals surface area contributed by atoms with Gasteiger partial charge in [0.1, 0.15) is 0 Å². The number of hydrogen-bond acceptors (Lipinski definition) is 1. The van der Waals surface area contributed by atoms with Gasteiger partial charge in [-0.3, -0.25) is 0 Å². The smallest absolute Gasteiger partial charge is 0.381 e. The van der Waals surface area contributed by atoms with Gasteiger partial charge in [-0.1, -0.05) is 34.1 Å². The number of aryl methyl sites for hydroxylation is 1. The molecular formula is C15H13BrF3N. The zero-order valence-electron chi connectivity index (χ0n) is 10.8. The Kier molecular flexibility index (Phi) is 4.38. The van der Waals surface area contributed by atoms with Crippen LogP contribution in [0.25, 0.3) is 0 Å². The van der Waals surface area contributed by atoms with Crippen LogP contribution in [0.3, 0.4) is 0 Å². The van der Waals surface area contributed by atoms with Crippen molar-refractivity contribution in [1.82, 2.24) is 0 Å². The van der Waals surface area contributed by atoms with Crippen LogP contribution >= 0.6 is 15.9 Å². The van der Waals surface area contributed by atoms with Crippen molar-refractivity contribution in [3.63, 3.8) is 0 Å². The number of rotatable bonds is 3. The molecule has 0 spiro atoms. The first-order valence-corrected chi connectivity index (χ1v) is 6.82. The van der Waals surface area contributed by atoms with Crippen molar-refractivity contribution < 1.29 is 13.2 Å². The van der Waals surface area contributed by atoms with Crippen LogP contribution in [0.2, 0.25) is 0 Å². The summed E-state index contributed by atoms with van der Waals surface area (Å²) in [7, 11) is 0. The van der Waals surface area contributed by atoms with E-state index in [1.165, 1.54) is 12.1 Å². The summed E-state index contributed by atoms with van der Waals surface area (Å²) < 4.78 is 39.6. The van der Waals surface area contributed by atoms with E-state index in [-0.39, 0.29) is 12.1 Å². The van der Waals surface area contributed by atoms with Gasteiger partial charge in [0.25, 0.3) is 0 Å². The Morgan fingerprint density at radius 3 is 2.45 bits per heavy atom. The highest BCUT2D eigenvalue weighted by molar-refractivity contribution is 9.10. The first-order valence-electron chi connectivity index (χ1n) is 6.03. The van der Waals surface area contributed by atoms with E-state index >= 15 is 0 Å². The molecule has 5 heteroatoms. The summed E-state index contributed by atoms with van der Waals surface area (Å²) in [5, 5.41) is 3.05. The Labute approximate surface area is 123 Å². The van der Waals surface area contributed by atoms with Crippen molar-refractivity contribution in [2.24, 2.45) is 0 Å². The largest absolute Gasteiger partial charge is 0.416 e. The molecule has 0 aliphatic heterocycles. The molecule has 0 radical (unpaired) electrons. The Morgan fingerprint density at radius 1 is 1.10 bits per heavy atom. The van der Waals surface area contributed by atoms with Crippen LogP contribution in [0.5, 0.6) is 0 Å². The maximum Gasteiger partial charge on any atom is 0.416 e. The Balaban J connectivity index is 2.19. The summed E-state index contributed by atoms with van der Waals surface area (Å²) in [5.41, 5.74) is 1.44. The van der Waals surface area contributed by atoms with Crippen molar-refractivity contribution in [2.45, 2.75) is 19.6 Å². The summed E-state index contributed by atoms with van der Waals surface area (Å²) in [4.78, 5) is 0. The molecule has 20 heavy (non-hydrogen) atoms. The fourth-order valence-corrected chi connectivity index (χ4v) is 2.44. The van der Waals surface area contributed by atoms with Gasteiger partial charge in [0.2, 0.25) is 0 Å². The second kappa shape index (κ2) is 5.87. The molecule has 0 fully saturated rings. The van der Waals surface area contributed by atoms with E-state index in [2.05, 4.69) is 21.2 Å². The van der Waals surface area contributed by atoms with Gasteiger partial charge in [0, 0.05) is 16.7 Å². The maximum absolute atomic E-state index is 12.9. The average Bonchev–Trinajstić information content (AvgIpc) is 2.37. The zero-order valence-corrected chi connectivity index (χ0v) is 12.3. The van der Waals surface area contributed by atoms with Gasteiger partial charge < -0.3 is 5.32 Å². The third kappa shape index (κ3) is 3.54. The zero-order chi connectivity index (χ0) is 14.8. The first kappa shape index (κ1) is 14.9. The number of alkyl halides is 3. The van der Waals surface area contributed by atoms with Crippen molar-refractivity contribution >= 4 is 21.6 Å². The molecule has 106 valence electrons. The summed E-state index contributed by atoms with van der Waals surface area (Å²) in [6.45, 7) is 2.04. The Hall–Kier alpha value is -1.49. The molecule has 0 unspecified atom stereocenters. The molecule has 0 aromatic heterocycles. The molecule has 2 rings (SSSR count). The molecule has 2 aromatic rings. The van der Waals surface area contributed by atoms with E-state index < -0.39 is 11.7 Å². The summed E-state index contributed by atoms with van der Waals surface area (Å²) in [6.07, 6.45) is -4.33. The Bertz CT molecular complexity index is 608. The van der Waals surface area contributed by atoms with Gasteiger partial charge >= 0.3 is 6.18 Å². The highest BCUT2D eigenvalue weighted by Crippen LogP contribution is 2.32. The third-order valence-electron chi connectivity index (χ3n) is 2.98. The molecule has 0 bridgehead atoms. The predicted molar refractivity (Wildman–Crippen MR) is 77.6 cm³/mol. The number of halogens is 4. The second-order valence-electron chi connectivity index (χ2n) is 4.47. The molecule has 0 saturated heterocycles. The van der Waals surface area contributed by atoms with E-state index in [1.807, 2.05) is 25.1 Å². The number of anilines is 1. The monoisotopic (exact) mass is 343 g/mol. The van der Waals surface area contributed by atoms with Crippen molar-refractivity contribution in [1.29, 1.82) is 0 Å². The minimum Gasteiger partial charge on any atom is -0.381 e. The van der Waals surface area contributed by atoms with E-state index in [9.17, 15) is 13.2 Å². The van der Waals surface area contributed by atoms with Crippen molar-refractivity contribution in [3.05, 3.63) is 63.6 Å². The SMILES string of the molecule is Cc1cc(Br)ccc1NCc1ccccc1C(F)(F)F. The lowest BCUT2D eigenvalue weighted by Crippen LogP contribution is -2.11. The van der Waals surface area contributed by atoms with Gasteiger partial charge in [-0.05, 0) is 42.3 Å². The summed E-state index contributed by atoms with van der Waals surface area (Å²) in [5.74, 6) is 0. The molecule has 0 aliphatic rings. The summed E-state index contributed by atoms with van der Waals surface area (Å²) in [6, 6.07) is 11.2. The van der Waals surface area contributed by atoms with E-state index in [0.717, 1.165) is 21.8 Å². The van der Waals surface area contributed by atoms with Crippen molar-refractivity contribution in [2.75, 3.05) is 5.32 Å². The second-order valence-corrected chi connectivity index (χ2v) is 5.38. The predicted octanol–water partition coefficient (Wildman–Crippen LogP) is 5.39. The first-order chi connectivity index (χ1) is 9.38. The van der Waals surface area contributed by atoms with E-state index in [1.54, 1.807) is 6.07 Å². The Morgan fingerprint density at radius 2 is 1.80 bits per heavy atom. The lowest BCUT2D eigenvalue weighted by molar-refractivity contribution is -0.138. The molecule has 0 saturated carbocycles. The normalized spacial score (nSPS) is 11.4. The molecular weight excluding hydrogens is 331 g/mol. The van der Waals surface area contributed by atoms with Gasteiger partial charge in [0.05, 0.1) is 5.56 Å². The van der Waals surface area contributed by atoms with Crippen LogP contribution < -0.4 is 5.32 Å². The summed E-state index contributed by atoms with van der Waals surface area (Å²) >= 11 is 3.35. The average molecular weight is 344 g/mol. The molecule has 1 N–H and O–H groups in total. The standard InChI is InChI=1S/C15H13BrF3N/c1-10-8-12(16)6-7-14(10)20-9-11-4-2-3-5-13(11)15(17,18)19/h2-8,20H,9H2,1H3. The van der Waals surface area contributed by atoms with Crippen LogP contribution in [-0.4, -0.2) is 0 Å². The van der Waals surface area contributed by atoms with Crippen LogP contribution in [0.15, 0.2) is 46.9 Å². The van der Waals surface area contributed by atoms with Crippen LogP contribution in [0.4, 0.5) is 18.9 Å². The van der Waals surface area contributed by atoms with E-state index in [4.69, 9.17) is 0 Å². The van der Waals surface area contributed by atoms with Crippen LogP contribution in [0, 0.1) is 6.92 Å². The van der Waals surface area contributed by atoms with Gasteiger partial charge in [-0.25, -0.2) is 0 Å². The van der Waals surface area contributed by atoms with Crippen LogP contribution in [-0.2, 0) is 12.7 Å². The highest BCUT2D eigenvalue weighted by atomic mass is 79.9. The third-order valence-corrected chi connectivity index (χ3v) is 3.47. The lowest BCUT2D eigenvalue weighted by Gasteiger charge is -2.15. The number of benzene rings is 2. The topological polar surface area (TPSA) is 12.0 Å². The maximum atomic E-state index is 12.9. The fourth-order valence-electron chi connectivity index (χ4n) is 1.97. The van der Waals surface area contributed by atoms with Gasteiger partial charge in [-0.15, -0.1) is 0 Å². The van der Waals surface area contributed by atoms with Crippen LogP contribution in [0.1, 0.15) is 16.7 Å². The molecule has 0 heterocycles. The minimum atomic E-state index is -4.33. The molecule has 2 aromatic carbocycles. The highest BCUT2D eigenvalue weighted by Gasteiger charge is 2.32. The van der Waals surface area contributed by atoms with Crippen molar-refractivity contribution in [3.8, 4) is 0 Å². The molecule has 0 aliphatic carbocycles.